The first-order valence-corrected chi connectivity index (χ1v) is 13.2. The number of carbonyl (C=O) groups is 2. The molecule has 2 atom stereocenters. The predicted molar refractivity (Wildman–Crippen MR) is 154 cm³/mol. The molecule has 1 aromatic heterocycles. The second-order valence-corrected chi connectivity index (χ2v) is 9.86. The van der Waals surface area contributed by atoms with Crippen molar-refractivity contribution in [3.8, 4) is 11.5 Å². The molecule has 0 N–H and O–H groups in total. The first-order chi connectivity index (χ1) is 19.2. The second-order valence-electron chi connectivity index (χ2n) is 9.86. The molecule has 0 saturated heterocycles. The summed E-state index contributed by atoms with van der Waals surface area (Å²) < 4.78 is 13.3. The molecule has 196 valence electrons. The lowest BCUT2D eigenvalue weighted by molar-refractivity contribution is -0.108. The molecule has 0 saturated carbocycles. The molecule has 1 aliphatic rings. The summed E-state index contributed by atoms with van der Waals surface area (Å²) in [6.07, 6.45) is 2.58. The van der Waals surface area contributed by atoms with E-state index in [0.717, 1.165) is 28.6 Å². The van der Waals surface area contributed by atoms with E-state index in [0.29, 0.717) is 36.3 Å². The van der Waals surface area contributed by atoms with Gasteiger partial charge in [-0.3, -0.25) is 4.79 Å². The van der Waals surface area contributed by atoms with Crippen LogP contribution in [0.25, 0.3) is 21.8 Å². The number of nitrogens with zero attached hydrogens (tertiary/aromatic N) is 2. The van der Waals surface area contributed by atoms with Gasteiger partial charge in [0.1, 0.15) is 6.29 Å². The number of carbonyl (C=O) groups excluding carboxylic acids is 2. The van der Waals surface area contributed by atoms with Gasteiger partial charge in [0.15, 0.2) is 11.5 Å². The summed E-state index contributed by atoms with van der Waals surface area (Å²) in [5.74, 6) is 0.943. The number of rotatable bonds is 7. The second kappa shape index (κ2) is 10.3. The molecule has 2 unspecified atom stereocenters. The van der Waals surface area contributed by atoms with Gasteiger partial charge in [-0.15, -0.1) is 0 Å². The molecule has 5 aromatic rings. The van der Waals surface area contributed by atoms with Crippen molar-refractivity contribution in [2.75, 3.05) is 19.1 Å². The number of benzene rings is 4. The fourth-order valence-corrected chi connectivity index (χ4v) is 6.10. The van der Waals surface area contributed by atoms with Gasteiger partial charge in [0, 0.05) is 45.5 Å². The largest absolute Gasteiger partial charge is 0.493 e. The Hall–Kier alpha value is -4.58. The van der Waals surface area contributed by atoms with E-state index >= 15 is 0 Å². The highest BCUT2D eigenvalue weighted by molar-refractivity contribution is 6.09. The molecule has 6 heteroatoms. The minimum absolute atomic E-state index is 0.00268. The van der Waals surface area contributed by atoms with Crippen LogP contribution in [0.3, 0.4) is 0 Å². The molecule has 0 radical (unpaired) electrons. The Morgan fingerprint density at radius 1 is 0.846 bits per heavy atom. The van der Waals surface area contributed by atoms with Crippen LogP contribution in [0.1, 0.15) is 41.2 Å². The molecule has 39 heavy (non-hydrogen) atoms. The molecule has 6 rings (SSSR count). The van der Waals surface area contributed by atoms with Crippen LogP contribution in [-0.2, 0) is 4.79 Å². The van der Waals surface area contributed by atoms with Gasteiger partial charge in [-0.25, -0.2) is 0 Å². The number of fused-ring (bicyclic) bond motifs is 4. The zero-order valence-corrected chi connectivity index (χ0v) is 22.0. The lowest BCUT2D eigenvalue weighted by atomic mass is 9.87. The summed E-state index contributed by atoms with van der Waals surface area (Å²) in [6, 6.07) is 30.2. The van der Waals surface area contributed by atoms with Gasteiger partial charge < -0.3 is 23.7 Å². The number of amides is 1. The molecule has 1 amide bonds. The quantitative estimate of drug-likeness (QED) is 0.222. The number of aldehydes is 1. The molecular formula is C33H30N2O4. The highest BCUT2D eigenvalue weighted by atomic mass is 16.5. The van der Waals surface area contributed by atoms with Gasteiger partial charge in [0.2, 0.25) is 0 Å². The van der Waals surface area contributed by atoms with Crippen molar-refractivity contribution in [2.24, 2.45) is 0 Å². The molecule has 4 aromatic carbocycles. The van der Waals surface area contributed by atoms with E-state index in [2.05, 4.69) is 59.2 Å². The predicted octanol–water partition coefficient (Wildman–Crippen LogP) is 6.80. The third-order valence-corrected chi connectivity index (χ3v) is 7.81. The fraction of sp³-hybridized carbons (Fsp3) is 0.212. The van der Waals surface area contributed by atoms with Crippen molar-refractivity contribution in [3.05, 3.63) is 102 Å². The normalized spacial score (nSPS) is 16.7. The number of hydrogen-bond donors (Lipinski definition) is 0. The molecular weight excluding hydrogens is 488 g/mol. The Labute approximate surface area is 227 Å². The number of para-hydroxylation sites is 3. The molecule has 0 bridgehead atoms. The molecule has 6 nitrogen and oxygen atoms in total. The van der Waals surface area contributed by atoms with Crippen molar-refractivity contribution in [2.45, 2.75) is 31.3 Å². The summed E-state index contributed by atoms with van der Waals surface area (Å²) in [7, 11) is 3.13. The van der Waals surface area contributed by atoms with Crippen molar-refractivity contribution in [3.63, 3.8) is 0 Å². The summed E-state index contributed by atoms with van der Waals surface area (Å²) in [4.78, 5) is 27.5. The molecule has 0 fully saturated rings. The van der Waals surface area contributed by atoms with Crippen LogP contribution in [0.2, 0.25) is 0 Å². The smallest absolute Gasteiger partial charge is 0.258 e. The average Bonchev–Trinajstić information content (AvgIpc) is 3.33. The molecule has 1 aliphatic heterocycles. The molecule has 2 heterocycles. The van der Waals surface area contributed by atoms with Crippen LogP contribution in [0.5, 0.6) is 11.5 Å². The molecule has 0 spiro atoms. The maximum Gasteiger partial charge on any atom is 0.258 e. The zero-order valence-electron chi connectivity index (χ0n) is 22.0. The number of aromatic nitrogens is 1. The lowest BCUT2D eigenvalue weighted by Crippen LogP contribution is -2.46. The number of methoxy groups -OCH3 is 2. The fourth-order valence-electron chi connectivity index (χ4n) is 6.10. The third kappa shape index (κ3) is 4.13. The number of hydrogen-bond acceptors (Lipinski definition) is 4. The highest BCUT2D eigenvalue weighted by Gasteiger charge is 2.38. The summed E-state index contributed by atoms with van der Waals surface area (Å²) >= 11 is 0. The van der Waals surface area contributed by atoms with E-state index in [1.807, 2.05) is 23.1 Å². The Morgan fingerprint density at radius 2 is 1.49 bits per heavy atom. The van der Waals surface area contributed by atoms with E-state index in [4.69, 9.17) is 9.47 Å². The Balaban J connectivity index is 1.53. The van der Waals surface area contributed by atoms with Crippen LogP contribution in [-0.4, -0.2) is 37.0 Å². The van der Waals surface area contributed by atoms with Gasteiger partial charge in [0.05, 0.1) is 20.3 Å². The van der Waals surface area contributed by atoms with Crippen molar-refractivity contribution < 1.29 is 19.1 Å². The third-order valence-electron chi connectivity index (χ3n) is 7.81. The van der Waals surface area contributed by atoms with Crippen LogP contribution in [0.4, 0.5) is 5.69 Å². The van der Waals surface area contributed by atoms with Crippen molar-refractivity contribution in [1.29, 1.82) is 0 Å². The van der Waals surface area contributed by atoms with E-state index in [-0.39, 0.29) is 18.0 Å². The van der Waals surface area contributed by atoms with Crippen LogP contribution in [0, 0.1) is 0 Å². The Bertz CT molecular complexity index is 1640. The average molecular weight is 519 g/mol. The zero-order chi connectivity index (χ0) is 26.9. The van der Waals surface area contributed by atoms with E-state index in [1.54, 1.807) is 32.4 Å². The topological polar surface area (TPSA) is 60.8 Å². The van der Waals surface area contributed by atoms with Crippen LogP contribution < -0.4 is 14.4 Å². The van der Waals surface area contributed by atoms with Crippen molar-refractivity contribution >= 4 is 39.7 Å². The van der Waals surface area contributed by atoms with Gasteiger partial charge in [-0.2, -0.15) is 0 Å². The maximum atomic E-state index is 14.2. The van der Waals surface area contributed by atoms with Crippen LogP contribution >= 0.6 is 0 Å². The summed E-state index contributed by atoms with van der Waals surface area (Å²) in [6.45, 7) is 0. The summed E-state index contributed by atoms with van der Waals surface area (Å²) in [5, 5.41) is 2.41. The standard InChI is InChI=1S/C33H30N2O4/c1-38-31-18-17-22(20-32(31)39-2)33(37)34-23(10-9-19-36)21-30(26-13-5-8-16-29(26)34)35-27-14-6-3-11-24(27)25-12-4-7-15-28(25)35/h3-8,11-20,23,30H,9-10,21H2,1-2H3. The number of ether oxygens (including phenoxy) is 2. The van der Waals surface area contributed by atoms with Crippen LogP contribution in [0.15, 0.2) is 91.0 Å². The lowest BCUT2D eigenvalue weighted by Gasteiger charge is -2.42. The van der Waals surface area contributed by atoms with E-state index < -0.39 is 0 Å². The highest BCUT2D eigenvalue weighted by Crippen LogP contribution is 2.45. The maximum absolute atomic E-state index is 14.2. The first kappa shape index (κ1) is 24.7. The summed E-state index contributed by atoms with van der Waals surface area (Å²) in [5.41, 5.74) is 4.78. The van der Waals surface area contributed by atoms with Gasteiger partial charge in [-0.1, -0.05) is 54.6 Å². The van der Waals surface area contributed by atoms with E-state index in [1.165, 1.54) is 10.8 Å². The monoisotopic (exact) mass is 518 g/mol. The van der Waals surface area contributed by atoms with Crippen molar-refractivity contribution in [1.82, 2.24) is 4.57 Å². The Kier molecular flexibility index (Phi) is 6.53. The van der Waals surface area contributed by atoms with Gasteiger partial charge in [-0.05, 0) is 54.8 Å². The minimum Gasteiger partial charge on any atom is -0.493 e. The first-order valence-electron chi connectivity index (χ1n) is 13.2. The Morgan fingerprint density at radius 3 is 2.15 bits per heavy atom. The van der Waals surface area contributed by atoms with E-state index in [9.17, 15) is 9.59 Å². The van der Waals surface area contributed by atoms with Gasteiger partial charge >= 0.3 is 0 Å². The minimum atomic E-state index is -0.171. The van der Waals surface area contributed by atoms with Gasteiger partial charge in [0.25, 0.3) is 5.91 Å². The number of anilines is 1. The SMILES string of the molecule is COc1ccc(C(=O)N2c3ccccc3C(n3c4ccccc4c4ccccc43)CC2CCC=O)cc1OC. The molecule has 0 aliphatic carbocycles.